The third kappa shape index (κ3) is 2.57. The molecule has 0 aliphatic carbocycles. The number of hydrogen-bond donors (Lipinski definition) is 1. The van der Waals surface area contributed by atoms with Gasteiger partial charge in [0.25, 0.3) is 0 Å². The molecule has 0 radical (unpaired) electrons. The molecule has 3 nitrogen and oxygen atoms in total. The van der Waals surface area contributed by atoms with Gasteiger partial charge in [-0.05, 0) is 23.3 Å². The lowest BCUT2D eigenvalue weighted by Gasteiger charge is -2.15. The number of ether oxygens (including phenoxy) is 2. The van der Waals surface area contributed by atoms with Gasteiger partial charge < -0.3 is 14.8 Å². The van der Waals surface area contributed by atoms with E-state index < -0.39 is 0 Å². The molecule has 1 aliphatic rings. The van der Waals surface area contributed by atoms with Crippen molar-refractivity contribution in [3.63, 3.8) is 0 Å². The Hall–Kier alpha value is -1.58. The average molecular weight is 257 g/mol. The highest BCUT2D eigenvalue weighted by Gasteiger charge is 2.16. The van der Waals surface area contributed by atoms with E-state index in [4.69, 9.17) is 9.47 Å². The van der Waals surface area contributed by atoms with Crippen molar-refractivity contribution in [1.82, 2.24) is 5.32 Å². The van der Waals surface area contributed by atoms with Crippen molar-refractivity contribution < 1.29 is 9.47 Å². The molecular formula is C16H19NO2. The predicted molar refractivity (Wildman–Crippen MR) is 76.6 cm³/mol. The third-order valence-corrected chi connectivity index (χ3v) is 3.71. The first kappa shape index (κ1) is 12.5. The maximum Gasteiger partial charge on any atom is 0.123 e. The second-order valence-electron chi connectivity index (χ2n) is 4.91. The van der Waals surface area contributed by atoms with Crippen molar-refractivity contribution in [3.8, 4) is 5.75 Å². The van der Waals surface area contributed by atoms with Gasteiger partial charge in [0.1, 0.15) is 5.75 Å². The van der Waals surface area contributed by atoms with E-state index in [0.717, 1.165) is 31.9 Å². The van der Waals surface area contributed by atoms with Crippen molar-refractivity contribution >= 4 is 10.8 Å². The summed E-state index contributed by atoms with van der Waals surface area (Å²) < 4.78 is 10.9. The Morgan fingerprint density at radius 2 is 2.16 bits per heavy atom. The second kappa shape index (κ2) is 5.59. The first-order valence-corrected chi connectivity index (χ1v) is 6.74. The Morgan fingerprint density at radius 1 is 1.26 bits per heavy atom. The van der Waals surface area contributed by atoms with Gasteiger partial charge in [0.05, 0.1) is 13.7 Å². The van der Waals surface area contributed by atoms with E-state index in [0.29, 0.717) is 6.04 Å². The minimum Gasteiger partial charge on any atom is -0.496 e. The fraction of sp³-hybridized carbons (Fsp3) is 0.375. The molecule has 3 heteroatoms. The van der Waals surface area contributed by atoms with Crippen molar-refractivity contribution in [2.75, 3.05) is 20.3 Å². The molecule has 1 N–H and O–H groups in total. The molecule has 1 atom stereocenters. The number of fused-ring (bicyclic) bond motifs is 1. The topological polar surface area (TPSA) is 30.5 Å². The number of nitrogens with one attached hydrogen (secondary N) is 1. The molecule has 0 bridgehead atoms. The van der Waals surface area contributed by atoms with Crippen LogP contribution in [0.2, 0.25) is 0 Å². The minimum atomic E-state index is 0.462. The van der Waals surface area contributed by atoms with Crippen LogP contribution >= 0.6 is 0 Å². The van der Waals surface area contributed by atoms with Crippen LogP contribution in [0.3, 0.4) is 0 Å². The zero-order valence-corrected chi connectivity index (χ0v) is 11.2. The lowest BCUT2D eigenvalue weighted by Crippen LogP contribution is -2.28. The van der Waals surface area contributed by atoms with Gasteiger partial charge in [-0.25, -0.2) is 0 Å². The van der Waals surface area contributed by atoms with Gasteiger partial charge >= 0.3 is 0 Å². The highest BCUT2D eigenvalue weighted by atomic mass is 16.5. The summed E-state index contributed by atoms with van der Waals surface area (Å²) in [6.45, 7) is 2.50. The summed E-state index contributed by atoms with van der Waals surface area (Å²) in [6, 6.07) is 13.0. The number of rotatable bonds is 4. The largest absolute Gasteiger partial charge is 0.496 e. The molecular weight excluding hydrogens is 238 g/mol. The van der Waals surface area contributed by atoms with E-state index in [1.807, 2.05) is 6.07 Å². The molecule has 0 amide bonds. The molecule has 0 saturated carbocycles. The van der Waals surface area contributed by atoms with Crippen LogP contribution in [-0.2, 0) is 11.3 Å². The van der Waals surface area contributed by atoms with Crippen molar-refractivity contribution in [1.29, 1.82) is 0 Å². The summed E-state index contributed by atoms with van der Waals surface area (Å²) in [5.74, 6) is 0.949. The normalized spacial score (nSPS) is 18.9. The standard InChI is InChI=1S/C16H19NO2/c1-18-16-7-6-12-4-2-3-5-14(12)15(16)10-17-13-8-9-19-11-13/h2-7,13,17H,8-11H2,1H3. The highest BCUT2D eigenvalue weighted by molar-refractivity contribution is 5.87. The molecule has 1 saturated heterocycles. The van der Waals surface area contributed by atoms with Gasteiger partial charge in [-0.1, -0.05) is 30.3 Å². The molecule has 1 fully saturated rings. The minimum absolute atomic E-state index is 0.462. The second-order valence-corrected chi connectivity index (χ2v) is 4.91. The number of methoxy groups -OCH3 is 1. The lowest BCUT2D eigenvalue weighted by molar-refractivity contribution is 0.189. The quantitative estimate of drug-likeness (QED) is 0.913. The molecule has 1 unspecified atom stereocenters. The Balaban J connectivity index is 1.90. The summed E-state index contributed by atoms with van der Waals surface area (Å²) in [5, 5.41) is 6.07. The molecule has 19 heavy (non-hydrogen) atoms. The van der Waals surface area contributed by atoms with Crippen molar-refractivity contribution in [2.24, 2.45) is 0 Å². The molecule has 2 aromatic rings. The van der Waals surface area contributed by atoms with Crippen LogP contribution in [0.4, 0.5) is 0 Å². The summed E-state index contributed by atoms with van der Waals surface area (Å²) in [4.78, 5) is 0. The third-order valence-electron chi connectivity index (χ3n) is 3.71. The van der Waals surface area contributed by atoms with E-state index in [9.17, 15) is 0 Å². The molecule has 0 spiro atoms. The lowest BCUT2D eigenvalue weighted by atomic mass is 10.0. The number of benzene rings is 2. The van der Waals surface area contributed by atoms with Crippen LogP contribution in [0.15, 0.2) is 36.4 Å². The van der Waals surface area contributed by atoms with Crippen LogP contribution in [0, 0.1) is 0 Å². The predicted octanol–water partition coefficient (Wildman–Crippen LogP) is 2.73. The Bertz CT molecular complexity index is 562. The van der Waals surface area contributed by atoms with Gasteiger partial charge in [0.2, 0.25) is 0 Å². The van der Waals surface area contributed by atoms with Crippen molar-refractivity contribution in [3.05, 3.63) is 42.0 Å². The monoisotopic (exact) mass is 257 g/mol. The maximum atomic E-state index is 5.50. The summed E-state index contributed by atoms with van der Waals surface area (Å²) in [7, 11) is 1.73. The molecule has 1 heterocycles. The smallest absolute Gasteiger partial charge is 0.123 e. The molecule has 1 aliphatic heterocycles. The van der Waals surface area contributed by atoms with Gasteiger partial charge in [0, 0.05) is 24.8 Å². The van der Waals surface area contributed by atoms with E-state index in [1.54, 1.807) is 7.11 Å². The summed E-state index contributed by atoms with van der Waals surface area (Å²) in [6.07, 6.45) is 1.09. The van der Waals surface area contributed by atoms with Crippen LogP contribution in [0.1, 0.15) is 12.0 Å². The maximum absolute atomic E-state index is 5.50. The zero-order chi connectivity index (χ0) is 13.1. The van der Waals surface area contributed by atoms with Gasteiger partial charge in [-0.2, -0.15) is 0 Å². The Morgan fingerprint density at radius 3 is 2.95 bits per heavy atom. The van der Waals surface area contributed by atoms with Crippen LogP contribution in [0.5, 0.6) is 5.75 Å². The van der Waals surface area contributed by atoms with E-state index >= 15 is 0 Å². The first-order valence-electron chi connectivity index (χ1n) is 6.74. The van der Waals surface area contributed by atoms with E-state index in [-0.39, 0.29) is 0 Å². The van der Waals surface area contributed by atoms with Gasteiger partial charge in [-0.3, -0.25) is 0 Å². The fourth-order valence-corrected chi connectivity index (χ4v) is 2.63. The SMILES string of the molecule is COc1ccc2ccccc2c1CNC1CCOC1. The number of hydrogen-bond acceptors (Lipinski definition) is 3. The van der Waals surface area contributed by atoms with E-state index in [2.05, 4.69) is 35.6 Å². The zero-order valence-electron chi connectivity index (χ0n) is 11.2. The molecule has 3 rings (SSSR count). The average Bonchev–Trinajstić information content (AvgIpc) is 2.97. The summed E-state index contributed by atoms with van der Waals surface area (Å²) >= 11 is 0. The molecule has 2 aromatic carbocycles. The van der Waals surface area contributed by atoms with Crippen molar-refractivity contribution in [2.45, 2.75) is 19.0 Å². The molecule has 100 valence electrons. The van der Waals surface area contributed by atoms with Gasteiger partial charge in [-0.15, -0.1) is 0 Å². The van der Waals surface area contributed by atoms with Crippen LogP contribution < -0.4 is 10.1 Å². The van der Waals surface area contributed by atoms with Gasteiger partial charge in [0.15, 0.2) is 0 Å². The fourth-order valence-electron chi connectivity index (χ4n) is 2.63. The Kier molecular flexibility index (Phi) is 3.67. The van der Waals surface area contributed by atoms with Crippen LogP contribution in [-0.4, -0.2) is 26.4 Å². The molecule has 0 aromatic heterocycles. The first-order chi connectivity index (χ1) is 9.38. The highest BCUT2D eigenvalue weighted by Crippen LogP contribution is 2.28. The van der Waals surface area contributed by atoms with E-state index in [1.165, 1.54) is 16.3 Å². The summed E-state index contributed by atoms with van der Waals surface area (Å²) in [5.41, 5.74) is 1.23. The van der Waals surface area contributed by atoms with Crippen LogP contribution in [0.25, 0.3) is 10.8 Å². The Labute approximate surface area is 113 Å².